The number of hydrogen-bond acceptors (Lipinski definition) is 4. The Kier molecular flexibility index (Phi) is 4.97. The van der Waals surface area contributed by atoms with Crippen LogP contribution < -0.4 is 10.4 Å². The van der Waals surface area contributed by atoms with Crippen LogP contribution in [0.1, 0.15) is 27.7 Å². The Hall–Kier alpha value is -1.04. The lowest BCUT2D eigenvalue weighted by molar-refractivity contribution is -0.0893. The first-order valence-corrected chi connectivity index (χ1v) is 7.46. The second kappa shape index (κ2) is 6.38. The van der Waals surface area contributed by atoms with Crippen LogP contribution in [0, 0.1) is 0 Å². The van der Waals surface area contributed by atoms with Crippen molar-refractivity contribution in [3.63, 3.8) is 0 Å². The van der Waals surface area contributed by atoms with Crippen LogP contribution in [0.25, 0.3) is 0 Å². The van der Waals surface area contributed by atoms with Gasteiger partial charge in [-0.25, -0.2) is 0 Å². The Morgan fingerprint density at radius 1 is 1.10 bits per heavy atom. The number of morpholine rings is 1. The molecule has 0 amide bonds. The molecule has 1 aromatic rings. The molecule has 2 rings (SSSR count). The van der Waals surface area contributed by atoms with E-state index in [1.165, 1.54) is 5.69 Å². The fourth-order valence-electron chi connectivity index (χ4n) is 1.94. The summed E-state index contributed by atoms with van der Waals surface area (Å²) in [5, 5.41) is 10.1. The zero-order valence-electron chi connectivity index (χ0n) is 13.4. The van der Waals surface area contributed by atoms with Crippen molar-refractivity contribution in [1.29, 1.82) is 0 Å². The van der Waals surface area contributed by atoms with E-state index in [4.69, 9.17) is 9.39 Å². The van der Waals surface area contributed by atoms with E-state index in [0.29, 0.717) is 0 Å². The van der Waals surface area contributed by atoms with Crippen molar-refractivity contribution in [3.05, 3.63) is 24.3 Å². The van der Waals surface area contributed by atoms with Crippen molar-refractivity contribution in [2.24, 2.45) is 0 Å². The van der Waals surface area contributed by atoms with Gasteiger partial charge in [-0.2, -0.15) is 0 Å². The summed E-state index contributed by atoms with van der Waals surface area (Å²) in [6.45, 7) is 10.7. The van der Waals surface area contributed by atoms with Crippen LogP contribution in [-0.4, -0.2) is 50.1 Å². The highest BCUT2D eigenvalue weighted by molar-refractivity contribution is 6.47. The second-order valence-corrected chi connectivity index (χ2v) is 6.50. The van der Waals surface area contributed by atoms with Crippen LogP contribution in [0.2, 0.25) is 0 Å². The van der Waals surface area contributed by atoms with Crippen molar-refractivity contribution in [2.45, 2.75) is 38.9 Å². The van der Waals surface area contributed by atoms with Crippen molar-refractivity contribution >= 4 is 18.6 Å². The molecule has 1 aliphatic rings. The van der Waals surface area contributed by atoms with E-state index in [2.05, 4.69) is 17.0 Å². The van der Waals surface area contributed by atoms with Crippen LogP contribution in [0.3, 0.4) is 0 Å². The Morgan fingerprint density at radius 2 is 1.67 bits per heavy atom. The summed E-state index contributed by atoms with van der Waals surface area (Å²) in [7, 11) is 1.71. The maximum atomic E-state index is 10.1. The SMILES string of the molecule is CC(C)(O)C(C)(C)O[B]c1ccc(N2CCOCC2)cc1. The first-order chi connectivity index (χ1) is 9.79. The molecule has 1 aliphatic heterocycles. The lowest BCUT2D eigenvalue weighted by Crippen LogP contribution is -2.49. The second-order valence-electron chi connectivity index (χ2n) is 6.50. The zero-order chi connectivity index (χ0) is 15.5. The molecular formula is C16H25BNO3. The van der Waals surface area contributed by atoms with Gasteiger partial charge in [-0.3, -0.25) is 0 Å². The van der Waals surface area contributed by atoms with E-state index in [1.807, 2.05) is 26.0 Å². The summed E-state index contributed by atoms with van der Waals surface area (Å²) < 4.78 is 11.1. The summed E-state index contributed by atoms with van der Waals surface area (Å²) in [6.07, 6.45) is 0. The zero-order valence-corrected chi connectivity index (χ0v) is 13.4. The molecule has 5 heteroatoms. The summed E-state index contributed by atoms with van der Waals surface area (Å²) in [4.78, 5) is 2.31. The van der Waals surface area contributed by atoms with Crippen LogP contribution >= 0.6 is 0 Å². The Balaban J connectivity index is 1.93. The van der Waals surface area contributed by atoms with Crippen LogP contribution in [0.5, 0.6) is 0 Å². The summed E-state index contributed by atoms with van der Waals surface area (Å²) in [5.74, 6) is 0. The molecule has 1 saturated heterocycles. The van der Waals surface area contributed by atoms with Gasteiger partial charge in [0.15, 0.2) is 0 Å². The monoisotopic (exact) mass is 290 g/mol. The molecule has 1 heterocycles. The number of aliphatic hydroxyl groups is 1. The van der Waals surface area contributed by atoms with Crippen molar-refractivity contribution < 1.29 is 14.5 Å². The molecule has 21 heavy (non-hydrogen) atoms. The highest BCUT2D eigenvalue weighted by Gasteiger charge is 2.35. The highest BCUT2D eigenvalue weighted by atomic mass is 16.5. The quantitative estimate of drug-likeness (QED) is 0.831. The molecule has 0 atom stereocenters. The lowest BCUT2D eigenvalue weighted by atomic mass is 9.82. The van der Waals surface area contributed by atoms with Gasteiger partial charge in [0, 0.05) is 18.8 Å². The Bertz CT molecular complexity index is 448. The van der Waals surface area contributed by atoms with Gasteiger partial charge in [0.1, 0.15) is 0 Å². The summed E-state index contributed by atoms with van der Waals surface area (Å²) in [5.41, 5.74) is 0.647. The predicted octanol–water partition coefficient (Wildman–Crippen LogP) is 1.33. The molecule has 4 nitrogen and oxygen atoms in total. The van der Waals surface area contributed by atoms with Crippen molar-refractivity contribution in [2.75, 3.05) is 31.2 Å². The van der Waals surface area contributed by atoms with E-state index in [-0.39, 0.29) is 0 Å². The van der Waals surface area contributed by atoms with Gasteiger partial charge in [-0.15, -0.1) is 0 Å². The molecule has 1 N–H and O–H groups in total. The fourth-order valence-corrected chi connectivity index (χ4v) is 1.94. The topological polar surface area (TPSA) is 41.9 Å². The van der Waals surface area contributed by atoms with Gasteiger partial charge in [0.05, 0.1) is 24.4 Å². The average Bonchev–Trinajstić information content (AvgIpc) is 2.45. The number of ether oxygens (including phenoxy) is 1. The molecule has 0 unspecified atom stereocenters. The number of anilines is 1. The molecule has 1 aromatic carbocycles. The molecule has 1 fully saturated rings. The maximum absolute atomic E-state index is 10.1. The van der Waals surface area contributed by atoms with E-state index < -0.39 is 11.2 Å². The molecule has 1 radical (unpaired) electrons. The third-order valence-electron chi connectivity index (χ3n) is 4.23. The van der Waals surface area contributed by atoms with Crippen molar-refractivity contribution in [1.82, 2.24) is 0 Å². The van der Waals surface area contributed by atoms with Gasteiger partial charge >= 0.3 is 7.48 Å². The minimum atomic E-state index is -0.906. The lowest BCUT2D eigenvalue weighted by Gasteiger charge is -2.37. The molecule has 0 saturated carbocycles. The van der Waals surface area contributed by atoms with Crippen molar-refractivity contribution in [3.8, 4) is 0 Å². The van der Waals surface area contributed by atoms with Crippen LogP contribution in [0.15, 0.2) is 24.3 Å². The number of rotatable bonds is 5. The number of hydrogen-bond donors (Lipinski definition) is 1. The molecule has 0 aromatic heterocycles. The summed E-state index contributed by atoms with van der Waals surface area (Å²) >= 11 is 0. The minimum absolute atomic E-state index is 0.643. The minimum Gasteiger partial charge on any atom is -0.427 e. The smallest absolute Gasteiger partial charge is 0.330 e. The largest absolute Gasteiger partial charge is 0.427 e. The number of benzene rings is 1. The van der Waals surface area contributed by atoms with Gasteiger partial charge in [0.25, 0.3) is 0 Å². The third kappa shape index (κ3) is 4.22. The maximum Gasteiger partial charge on any atom is 0.330 e. The standard InChI is InChI=1S/C16H25BNO3/c1-15(2,19)16(3,4)21-17-13-5-7-14(8-6-13)18-9-11-20-12-10-18/h5-8,19H,9-12H2,1-4H3. The fraction of sp³-hybridized carbons (Fsp3) is 0.625. The molecule has 0 aliphatic carbocycles. The first kappa shape index (κ1) is 16.3. The normalized spacial score (nSPS) is 16.9. The van der Waals surface area contributed by atoms with Crippen LogP contribution in [-0.2, 0) is 9.39 Å². The molecule has 0 spiro atoms. The highest BCUT2D eigenvalue weighted by Crippen LogP contribution is 2.24. The molecule has 115 valence electrons. The van der Waals surface area contributed by atoms with Gasteiger partial charge < -0.3 is 19.4 Å². The van der Waals surface area contributed by atoms with Gasteiger partial charge in [0.2, 0.25) is 0 Å². The van der Waals surface area contributed by atoms with Gasteiger partial charge in [-0.1, -0.05) is 17.6 Å². The third-order valence-corrected chi connectivity index (χ3v) is 4.23. The van der Waals surface area contributed by atoms with E-state index in [0.717, 1.165) is 31.8 Å². The first-order valence-electron chi connectivity index (χ1n) is 7.46. The van der Waals surface area contributed by atoms with E-state index >= 15 is 0 Å². The average molecular weight is 290 g/mol. The number of nitrogens with zero attached hydrogens (tertiary/aromatic N) is 1. The predicted molar refractivity (Wildman–Crippen MR) is 86.3 cm³/mol. The van der Waals surface area contributed by atoms with E-state index in [9.17, 15) is 5.11 Å². The summed E-state index contributed by atoms with van der Waals surface area (Å²) in [6, 6.07) is 8.26. The van der Waals surface area contributed by atoms with Gasteiger partial charge in [-0.05, 0) is 39.8 Å². The Morgan fingerprint density at radius 3 is 2.19 bits per heavy atom. The molecular weight excluding hydrogens is 265 g/mol. The van der Waals surface area contributed by atoms with E-state index in [1.54, 1.807) is 21.3 Å². The Labute approximate surface area is 128 Å². The molecule has 0 bridgehead atoms. The van der Waals surface area contributed by atoms with Crippen LogP contribution in [0.4, 0.5) is 5.69 Å².